The zero-order chi connectivity index (χ0) is 36.0. The van der Waals surface area contributed by atoms with Crippen molar-refractivity contribution in [1.29, 1.82) is 0 Å². The summed E-state index contributed by atoms with van der Waals surface area (Å²) < 4.78 is 15.9. The van der Waals surface area contributed by atoms with Gasteiger partial charge in [-0.15, -0.1) is 10.2 Å². The summed E-state index contributed by atoms with van der Waals surface area (Å²) in [5.74, 6) is 2.04. The Labute approximate surface area is 301 Å². The minimum atomic E-state index is -0.257. The van der Waals surface area contributed by atoms with Crippen molar-refractivity contribution in [2.24, 2.45) is 0 Å². The van der Waals surface area contributed by atoms with Crippen LogP contribution in [0.1, 0.15) is 62.6 Å². The highest BCUT2D eigenvalue weighted by Crippen LogP contribution is 2.39. The van der Waals surface area contributed by atoms with Crippen LogP contribution in [0.5, 0.6) is 5.75 Å². The monoisotopic (exact) mass is 714 g/mol. The molecule has 0 spiro atoms. The maximum absolute atomic E-state index is 13.5. The Morgan fingerprint density at radius 3 is 2.49 bits per heavy atom. The van der Waals surface area contributed by atoms with Crippen LogP contribution in [0.15, 0.2) is 72.9 Å². The second kappa shape index (κ2) is 15.9. The molecule has 2 amide bonds. The van der Waals surface area contributed by atoms with E-state index >= 15 is 0 Å². The molecule has 0 unspecified atom stereocenters. The SMILES string of the molecule is CC(C)(C)c1cc(NC(=O)N[C@H]2CC[C@@H](Oc3ccc4nnc(-c5ccccc5Cl)n4c3)c3ccccc32)n(CCN2CCOCC2)n1.O=CO. The van der Waals surface area contributed by atoms with Crippen LogP contribution in [0, 0.1) is 0 Å². The largest absolute Gasteiger partial charge is 0.484 e. The number of nitrogens with zero attached hydrogens (tertiary/aromatic N) is 6. The van der Waals surface area contributed by atoms with Crippen molar-refractivity contribution in [3.63, 3.8) is 0 Å². The van der Waals surface area contributed by atoms with Gasteiger partial charge in [0.15, 0.2) is 11.5 Å². The molecule has 0 saturated carbocycles. The summed E-state index contributed by atoms with van der Waals surface area (Å²) in [5, 5.41) is 27.4. The fourth-order valence-electron chi connectivity index (χ4n) is 6.38. The number of hydrogen-bond donors (Lipinski definition) is 3. The third-order valence-electron chi connectivity index (χ3n) is 9.03. The number of carbonyl (C=O) groups excluding carboxylic acids is 1. The molecule has 2 aliphatic rings. The van der Waals surface area contributed by atoms with Gasteiger partial charge in [0.05, 0.1) is 42.7 Å². The number of carbonyl (C=O) groups is 2. The number of rotatable bonds is 8. The first-order valence-corrected chi connectivity index (χ1v) is 17.4. The lowest BCUT2D eigenvalue weighted by Gasteiger charge is -2.32. The molecule has 3 N–H and O–H groups in total. The van der Waals surface area contributed by atoms with Gasteiger partial charge in [-0.1, -0.05) is 68.8 Å². The number of aromatic nitrogens is 5. The van der Waals surface area contributed by atoms with Crippen molar-refractivity contribution in [3.8, 4) is 17.1 Å². The molecule has 7 rings (SSSR count). The summed E-state index contributed by atoms with van der Waals surface area (Å²) in [7, 11) is 0. The number of anilines is 1. The molecule has 4 heterocycles. The van der Waals surface area contributed by atoms with Gasteiger partial charge in [0.1, 0.15) is 17.7 Å². The van der Waals surface area contributed by atoms with Crippen molar-refractivity contribution >= 4 is 35.6 Å². The summed E-state index contributed by atoms with van der Waals surface area (Å²) in [4.78, 5) is 24.2. The first-order valence-electron chi connectivity index (χ1n) is 17.0. The van der Waals surface area contributed by atoms with E-state index in [2.05, 4.69) is 58.6 Å². The molecule has 13 nitrogen and oxygen atoms in total. The lowest BCUT2D eigenvalue weighted by atomic mass is 9.85. The van der Waals surface area contributed by atoms with Crippen LogP contribution in [0.4, 0.5) is 10.6 Å². The Kier molecular flexibility index (Phi) is 11.2. The molecule has 14 heteroatoms. The topological polar surface area (TPSA) is 148 Å². The van der Waals surface area contributed by atoms with Crippen LogP contribution in [-0.4, -0.2) is 79.7 Å². The van der Waals surface area contributed by atoms with Crippen molar-refractivity contribution in [2.45, 2.75) is 57.7 Å². The summed E-state index contributed by atoms with van der Waals surface area (Å²) in [6, 6.07) is 21.1. The number of morpholine rings is 1. The van der Waals surface area contributed by atoms with E-state index in [1.807, 2.05) is 69.9 Å². The van der Waals surface area contributed by atoms with Gasteiger partial charge in [-0.2, -0.15) is 5.10 Å². The summed E-state index contributed by atoms with van der Waals surface area (Å²) in [6.45, 7) is 11.0. The third kappa shape index (κ3) is 8.50. The fraction of sp³-hybridized carbons (Fsp3) is 0.378. The Bertz CT molecular complexity index is 1970. The number of carboxylic acid groups (broad SMARTS) is 1. The molecule has 0 radical (unpaired) electrons. The molecule has 5 aromatic rings. The molecule has 0 bridgehead atoms. The number of hydrogen-bond acceptors (Lipinski definition) is 8. The Morgan fingerprint density at radius 1 is 1.02 bits per heavy atom. The predicted molar refractivity (Wildman–Crippen MR) is 194 cm³/mol. The predicted octanol–water partition coefficient (Wildman–Crippen LogP) is 6.35. The minimum Gasteiger partial charge on any atom is -0.484 e. The van der Waals surface area contributed by atoms with Gasteiger partial charge in [-0.3, -0.25) is 19.4 Å². The van der Waals surface area contributed by atoms with E-state index in [0.29, 0.717) is 34.6 Å². The lowest BCUT2D eigenvalue weighted by molar-refractivity contribution is -0.122. The van der Waals surface area contributed by atoms with Crippen LogP contribution >= 0.6 is 11.6 Å². The molecule has 1 aliphatic carbocycles. The van der Waals surface area contributed by atoms with Crippen LogP contribution in [0.2, 0.25) is 5.02 Å². The fourth-order valence-corrected chi connectivity index (χ4v) is 6.60. The summed E-state index contributed by atoms with van der Waals surface area (Å²) >= 11 is 6.48. The number of fused-ring (bicyclic) bond motifs is 2. The number of benzene rings is 2. The molecule has 51 heavy (non-hydrogen) atoms. The first kappa shape index (κ1) is 35.8. The highest BCUT2D eigenvalue weighted by Gasteiger charge is 2.30. The van der Waals surface area contributed by atoms with Crippen LogP contribution in [0.25, 0.3) is 17.0 Å². The van der Waals surface area contributed by atoms with Crippen molar-refractivity contribution < 1.29 is 24.2 Å². The summed E-state index contributed by atoms with van der Waals surface area (Å²) in [6.07, 6.45) is 3.17. The Hall–Kier alpha value is -4.98. The summed E-state index contributed by atoms with van der Waals surface area (Å²) in [5.41, 5.74) is 4.38. The standard InChI is InChI=1S/C36H41ClN8O3.CH2O2/c1-36(2,3)31-22-33(45(42-31)17-16-43-18-20-47-21-19-43)39-35(46)38-29-13-14-30(26-9-5-4-8-25(26)29)48-24-12-15-32-40-41-34(44(32)23-24)27-10-6-7-11-28(27)37;2-1-3/h4-12,15,22-23,29-30H,13-14,16-21H2,1-3H3,(H2,38,39,46);1H,(H,2,3)/t29-,30+;/m0./s1. The first-order chi connectivity index (χ1) is 24.6. The number of pyridine rings is 1. The van der Waals surface area contributed by atoms with Crippen LogP contribution in [-0.2, 0) is 21.5 Å². The van der Waals surface area contributed by atoms with Crippen molar-refractivity contribution in [3.05, 3.63) is 94.8 Å². The maximum Gasteiger partial charge on any atom is 0.320 e. The zero-order valence-electron chi connectivity index (χ0n) is 29.0. The van der Waals surface area contributed by atoms with Gasteiger partial charge in [0, 0.05) is 36.7 Å². The molecular weight excluding hydrogens is 672 g/mol. The average molecular weight is 715 g/mol. The zero-order valence-corrected chi connectivity index (χ0v) is 29.7. The van der Waals surface area contributed by atoms with E-state index in [-0.39, 0.29) is 30.1 Å². The normalized spacial score (nSPS) is 17.6. The maximum atomic E-state index is 13.5. The number of ether oxygens (including phenoxy) is 2. The van der Waals surface area contributed by atoms with Gasteiger partial charge in [-0.05, 0) is 48.2 Å². The molecule has 3 aromatic heterocycles. The van der Waals surface area contributed by atoms with Crippen LogP contribution < -0.4 is 15.4 Å². The quantitative estimate of drug-likeness (QED) is 0.156. The molecule has 2 atom stereocenters. The highest BCUT2D eigenvalue weighted by molar-refractivity contribution is 6.33. The van der Waals surface area contributed by atoms with Crippen molar-refractivity contribution in [2.75, 3.05) is 38.2 Å². The van der Waals surface area contributed by atoms with E-state index in [9.17, 15) is 4.79 Å². The molecule has 1 fully saturated rings. The van der Waals surface area contributed by atoms with Gasteiger partial charge >= 0.3 is 6.03 Å². The van der Waals surface area contributed by atoms with Gasteiger partial charge in [0.2, 0.25) is 0 Å². The number of urea groups is 1. The molecule has 1 aliphatic heterocycles. The minimum absolute atomic E-state index is 0.149. The number of halogens is 1. The third-order valence-corrected chi connectivity index (χ3v) is 9.36. The highest BCUT2D eigenvalue weighted by atomic mass is 35.5. The van der Waals surface area contributed by atoms with E-state index in [1.165, 1.54) is 0 Å². The van der Waals surface area contributed by atoms with E-state index in [0.717, 1.165) is 68.1 Å². The van der Waals surface area contributed by atoms with E-state index in [1.54, 1.807) is 0 Å². The lowest BCUT2D eigenvalue weighted by Crippen LogP contribution is -2.39. The second-order valence-electron chi connectivity index (χ2n) is 13.5. The van der Waals surface area contributed by atoms with Crippen molar-refractivity contribution in [1.82, 2.24) is 34.6 Å². The Morgan fingerprint density at radius 2 is 1.75 bits per heavy atom. The Balaban J connectivity index is 0.00000144. The molecular formula is C37H43ClN8O5. The van der Waals surface area contributed by atoms with E-state index < -0.39 is 0 Å². The number of amides is 2. The van der Waals surface area contributed by atoms with Gasteiger partial charge in [-0.25, -0.2) is 9.48 Å². The molecule has 2 aromatic carbocycles. The van der Waals surface area contributed by atoms with Gasteiger partial charge < -0.3 is 19.9 Å². The number of nitrogens with one attached hydrogen (secondary N) is 2. The van der Waals surface area contributed by atoms with Gasteiger partial charge in [0.25, 0.3) is 6.47 Å². The molecule has 1 saturated heterocycles. The molecule has 268 valence electrons. The second-order valence-corrected chi connectivity index (χ2v) is 13.9. The van der Waals surface area contributed by atoms with Crippen LogP contribution in [0.3, 0.4) is 0 Å². The average Bonchev–Trinajstić information content (AvgIpc) is 3.73. The van der Waals surface area contributed by atoms with E-state index in [4.69, 9.17) is 36.1 Å². The smallest absolute Gasteiger partial charge is 0.320 e.